The first-order chi connectivity index (χ1) is 18.3. The van der Waals surface area contributed by atoms with E-state index in [1.807, 2.05) is 30.3 Å². The van der Waals surface area contributed by atoms with Crippen molar-refractivity contribution >= 4 is 40.7 Å². The number of carbonyl (C=O) groups is 1. The number of thiazole rings is 1. The third kappa shape index (κ3) is 4.59. The molecule has 1 atom stereocenters. The number of ether oxygens (including phenoxy) is 1. The fraction of sp³-hybridized carbons (Fsp3) is 0.148. The number of esters is 1. The Kier molecular flexibility index (Phi) is 6.83. The molecule has 38 heavy (non-hydrogen) atoms. The van der Waals surface area contributed by atoms with Gasteiger partial charge in [-0.25, -0.2) is 9.79 Å². The minimum absolute atomic E-state index is 0.121. The zero-order chi connectivity index (χ0) is 27.0. The maximum Gasteiger partial charge on any atom is 0.338 e. The Morgan fingerprint density at radius 3 is 2.71 bits per heavy atom. The van der Waals surface area contributed by atoms with Crippen molar-refractivity contribution in [3.8, 4) is 11.3 Å². The number of allylic oxidation sites excluding steroid dienone is 1. The quantitative estimate of drug-likeness (QED) is 0.197. The number of aromatic nitrogens is 1. The molecule has 1 aliphatic rings. The van der Waals surface area contributed by atoms with Crippen LogP contribution in [0.1, 0.15) is 31.2 Å². The third-order valence-corrected chi connectivity index (χ3v) is 7.27. The summed E-state index contributed by atoms with van der Waals surface area (Å²) in [5.74, 6) is 0.146. The first-order valence-corrected chi connectivity index (χ1v) is 12.8. The van der Waals surface area contributed by atoms with Crippen LogP contribution in [0.3, 0.4) is 0 Å². The predicted molar refractivity (Wildman–Crippen MR) is 143 cm³/mol. The first kappa shape index (κ1) is 25.4. The molecule has 0 N–H and O–H groups in total. The van der Waals surface area contributed by atoms with Gasteiger partial charge in [-0.05, 0) is 37.6 Å². The summed E-state index contributed by atoms with van der Waals surface area (Å²) >= 11 is 7.42. The molecule has 0 bridgehead atoms. The molecule has 2 aromatic heterocycles. The van der Waals surface area contributed by atoms with Crippen molar-refractivity contribution < 1.29 is 18.9 Å². The van der Waals surface area contributed by atoms with E-state index in [0.717, 1.165) is 5.56 Å². The molecule has 1 unspecified atom stereocenters. The van der Waals surface area contributed by atoms with Crippen LogP contribution in [-0.2, 0) is 9.53 Å². The van der Waals surface area contributed by atoms with E-state index < -0.39 is 16.9 Å². The fourth-order valence-corrected chi connectivity index (χ4v) is 5.50. The van der Waals surface area contributed by atoms with Crippen molar-refractivity contribution in [3.05, 3.63) is 118 Å². The van der Waals surface area contributed by atoms with Crippen molar-refractivity contribution in [3.63, 3.8) is 0 Å². The van der Waals surface area contributed by atoms with Gasteiger partial charge in [-0.15, -0.1) is 0 Å². The Bertz CT molecular complexity index is 1780. The topological polar surface area (TPSA) is 117 Å². The monoisotopic (exact) mass is 549 g/mol. The van der Waals surface area contributed by atoms with Crippen LogP contribution in [0.15, 0.2) is 86.1 Å². The summed E-state index contributed by atoms with van der Waals surface area (Å²) in [5.41, 5.74) is 1.43. The van der Waals surface area contributed by atoms with Gasteiger partial charge in [-0.1, -0.05) is 53.3 Å². The van der Waals surface area contributed by atoms with E-state index in [4.69, 9.17) is 20.8 Å². The van der Waals surface area contributed by atoms with Gasteiger partial charge in [0.15, 0.2) is 4.80 Å². The van der Waals surface area contributed by atoms with Crippen LogP contribution in [0.4, 0.5) is 5.69 Å². The normalized spacial score (nSPS) is 15.2. The van der Waals surface area contributed by atoms with Gasteiger partial charge >= 0.3 is 5.97 Å². The maximum absolute atomic E-state index is 13.7. The highest BCUT2D eigenvalue weighted by Crippen LogP contribution is 2.33. The summed E-state index contributed by atoms with van der Waals surface area (Å²) in [6.07, 6.45) is 1.57. The summed E-state index contributed by atoms with van der Waals surface area (Å²) in [6, 6.07) is 15.9. The minimum atomic E-state index is -0.704. The molecule has 0 spiro atoms. The third-order valence-electron chi connectivity index (χ3n) is 5.96. The number of nitrogens with zero attached hydrogens (tertiary/aromatic N) is 3. The lowest BCUT2D eigenvalue weighted by Gasteiger charge is -2.24. The summed E-state index contributed by atoms with van der Waals surface area (Å²) in [5, 5.41) is 11.5. The molecule has 0 radical (unpaired) electrons. The van der Waals surface area contributed by atoms with Crippen LogP contribution >= 0.6 is 22.9 Å². The molecule has 1 aliphatic heterocycles. The van der Waals surface area contributed by atoms with Crippen molar-refractivity contribution in [1.82, 2.24) is 4.57 Å². The number of hydrogen-bond donors (Lipinski definition) is 0. The molecule has 0 aliphatic carbocycles. The number of nitro groups is 1. The molecule has 2 aromatic carbocycles. The lowest BCUT2D eigenvalue weighted by atomic mass is 9.96. The fourth-order valence-electron chi connectivity index (χ4n) is 4.26. The van der Waals surface area contributed by atoms with Crippen LogP contribution in [0, 0.1) is 10.1 Å². The Morgan fingerprint density at radius 2 is 2.00 bits per heavy atom. The molecule has 3 heterocycles. The number of carbonyl (C=O) groups excluding carboxylic acids is 1. The van der Waals surface area contributed by atoms with E-state index >= 15 is 0 Å². The number of halogens is 1. The van der Waals surface area contributed by atoms with Crippen LogP contribution in [0.25, 0.3) is 17.4 Å². The second-order valence-corrected chi connectivity index (χ2v) is 9.75. The Balaban J connectivity index is 1.62. The van der Waals surface area contributed by atoms with Gasteiger partial charge in [0, 0.05) is 23.8 Å². The second kappa shape index (κ2) is 10.2. The average Bonchev–Trinajstić information content (AvgIpc) is 3.48. The molecule has 9 nitrogen and oxygen atoms in total. The SMILES string of the molecule is CCOC(=O)C1=C(C)N=c2sc(=Cc3ccc(-c4cc([N+](=O)[O-])ccc4Cl)o3)c(=O)n2C1c1ccccc1. The largest absolute Gasteiger partial charge is 0.463 e. The number of nitro benzene ring substituents is 1. The van der Waals surface area contributed by atoms with Gasteiger partial charge in [0.2, 0.25) is 0 Å². The smallest absolute Gasteiger partial charge is 0.338 e. The number of non-ortho nitro benzene ring substituents is 1. The molecular formula is C27H20ClN3O6S. The lowest BCUT2D eigenvalue weighted by Crippen LogP contribution is -2.39. The number of rotatable bonds is 6. The van der Waals surface area contributed by atoms with E-state index in [0.29, 0.717) is 42.7 Å². The van der Waals surface area contributed by atoms with E-state index in [1.165, 1.54) is 34.1 Å². The van der Waals surface area contributed by atoms with Crippen LogP contribution < -0.4 is 14.9 Å². The Morgan fingerprint density at radius 1 is 1.24 bits per heavy atom. The molecule has 0 fully saturated rings. The molecule has 11 heteroatoms. The van der Waals surface area contributed by atoms with Crippen molar-refractivity contribution in [1.29, 1.82) is 0 Å². The maximum atomic E-state index is 13.7. The van der Waals surface area contributed by atoms with E-state index in [1.54, 1.807) is 32.1 Å². The van der Waals surface area contributed by atoms with Gasteiger partial charge in [0.1, 0.15) is 11.5 Å². The summed E-state index contributed by atoms with van der Waals surface area (Å²) in [6.45, 7) is 3.64. The lowest BCUT2D eigenvalue weighted by molar-refractivity contribution is -0.384. The molecule has 0 amide bonds. The van der Waals surface area contributed by atoms with Crippen LogP contribution in [-0.4, -0.2) is 22.1 Å². The standard InChI is InChI=1S/C27H20ClN3O6S/c1-3-36-26(33)23-15(2)29-27-30(24(23)16-7-5-4-6-8-16)25(32)22(38-27)14-18-10-12-21(37-18)19-13-17(31(34)35)9-11-20(19)28/h4-14,24H,3H2,1-2H3. The van der Waals surface area contributed by atoms with Crippen molar-refractivity contribution in [2.45, 2.75) is 19.9 Å². The summed E-state index contributed by atoms with van der Waals surface area (Å²) in [4.78, 5) is 42.2. The zero-order valence-corrected chi connectivity index (χ0v) is 21.8. The Hall–Kier alpha value is -4.28. The second-order valence-electron chi connectivity index (χ2n) is 8.34. The number of hydrogen-bond acceptors (Lipinski definition) is 8. The molecular weight excluding hydrogens is 530 g/mol. The molecule has 0 saturated heterocycles. The highest BCUT2D eigenvalue weighted by atomic mass is 35.5. The number of benzene rings is 2. The predicted octanol–water partition coefficient (Wildman–Crippen LogP) is 4.62. The molecule has 0 saturated carbocycles. The van der Waals surface area contributed by atoms with Crippen LogP contribution in [0.2, 0.25) is 5.02 Å². The Labute approximate surface area is 224 Å². The molecule has 5 rings (SSSR count). The van der Waals surface area contributed by atoms with Crippen molar-refractivity contribution in [2.75, 3.05) is 6.61 Å². The molecule has 4 aromatic rings. The van der Waals surface area contributed by atoms with Gasteiger partial charge in [-0.3, -0.25) is 19.5 Å². The van der Waals surface area contributed by atoms with Crippen molar-refractivity contribution in [2.24, 2.45) is 4.99 Å². The van der Waals surface area contributed by atoms with E-state index in [2.05, 4.69) is 4.99 Å². The van der Waals surface area contributed by atoms with Gasteiger partial charge in [-0.2, -0.15) is 0 Å². The zero-order valence-electron chi connectivity index (χ0n) is 20.2. The highest BCUT2D eigenvalue weighted by Gasteiger charge is 2.33. The summed E-state index contributed by atoms with van der Waals surface area (Å²) < 4.78 is 13.0. The summed E-state index contributed by atoms with van der Waals surface area (Å²) in [7, 11) is 0. The molecule has 192 valence electrons. The van der Waals surface area contributed by atoms with Gasteiger partial charge in [0.05, 0.1) is 38.4 Å². The van der Waals surface area contributed by atoms with E-state index in [9.17, 15) is 19.7 Å². The number of furan rings is 1. The first-order valence-electron chi connectivity index (χ1n) is 11.6. The average molecular weight is 550 g/mol. The van der Waals surface area contributed by atoms with Crippen LogP contribution in [0.5, 0.6) is 0 Å². The minimum Gasteiger partial charge on any atom is -0.463 e. The number of fused-ring (bicyclic) bond motifs is 1. The highest BCUT2D eigenvalue weighted by molar-refractivity contribution is 7.07. The van der Waals surface area contributed by atoms with E-state index in [-0.39, 0.29) is 17.9 Å². The van der Waals surface area contributed by atoms with Gasteiger partial charge < -0.3 is 9.15 Å². The van der Waals surface area contributed by atoms with Gasteiger partial charge in [0.25, 0.3) is 11.2 Å².